The Kier molecular flexibility index (Phi) is 5.65. The minimum Gasteiger partial charge on any atom is -0.497 e. The summed E-state index contributed by atoms with van der Waals surface area (Å²) in [6.07, 6.45) is -0.0265. The number of carbonyl (C=O) groups is 2. The van der Waals surface area contributed by atoms with E-state index in [2.05, 4.69) is 15.5 Å². The molecule has 4 aromatic rings. The molecule has 2 heterocycles. The van der Waals surface area contributed by atoms with Gasteiger partial charge in [-0.1, -0.05) is 18.2 Å². The van der Waals surface area contributed by atoms with Crippen LogP contribution in [0.4, 0.5) is 0 Å². The number of methoxy groups -OCH3 is 1. The molecule has 0 fully saturated rings. The largest absolute Gasteiger partial charge is 0.497 e. The van der Waals surface area contributed by atoms with Crippen LogP contribution in [0.1, 0.15) is 22.5 Å². The molecule has 9 nitrogen and oxygen atoms in total. The highest BCUT2D eigenvalue weighted by Crippen LogP contribution is 2.23. The van der Waals surface area contributed by atoms with Crippen molar-refractivity contribution in [1.82, 2.24) is 15.5 Å². The van der Waals surface area contributed by atoms with Crippen LogP contribution in [0.2, 0.25) is 0 Å². The molecule has 0 aliphatic rings. The number of nitrogens with zero attached hydrogens (tertiary/aromatic N) is 1. The standard InChI is InChI=1S/C22H19N3O6/c1-29-14-6-7-15-13(10-20(27)31-18(15)11-14)12-30-19(26)8-9-23-22(28)21-16-4-2-3-5-17(16)24-25-21/h2-7,10-11H,8-9,12H2,1H3,(H,23,28)(H,24,25). The Morgan fingerprint density at radius 2 is 1.97 bits per heavy atom. The molecule has 0 atom stereocenters. The highest BCUT2D eigenvalue weighted by Gasteiger charge is 2.14. The van der Waals surface area contributed by atoms with Crippen LogP contribution >= 0.6 is 0 Å². The average molecular weight is 421 g/mol. The van der Waals surface area contributed by atoms with Crippen LogP contribution in [-0.2, 0) is 16.1 Å². The quantitative estimate of drug-likeness (QED) is 0.347. The average Bonchev–Trinajstić information content (AvgIpc) is 3.21. The predicted octanol–water partition coefficient (Wildman–Crippen LogP) is 2.54. The highest BCUT2D eigenvalue weighted by molar-refractivity contribution is 6.04. The number of hydrogen-bond acceptors (Lipinski definition) is 7. The van der Waals surface area contributed by atoms with Crippen molar-refractivity contribution in [2.75, 3.05) is 13.7 Å². The monoisotopic (exact) mass is 421 g/mol. The summed E-state index contributed by atoms with van der Waals surface area (Å²) in [6, 6.07) is 13.6. The highest BCUT2D eigenvalue weighted by atomic mass is 16.5. The first-order valence-corrected chi connectivity index (χ1v) is 9.53. The van der Waals surface area contributed by atoms with Gasteiger partial charge in [-0.05, 0) is 18.2 Å². The van der Waals surface area contributed by atoms with Crippen molar-refractivity contribution >= 4 is 33.7 Å². The Balaban J connectivity index is 1.33. The van der Waals surface area contributed by atoms with Crippen molar-refractivity contribution in [3.8, 4) is 5.75 Å². The second-order valence-corrected chi connectivity index (χ2v) is 6.74. The Morgan fingerprint density at radius 3 is 2.81 bits per heavy atom. The molecule has 0 unspecified atom stereocenters. The Bertz CT molecular complexity index is 1320. The van der Waals surface area contributed by atoms with E-state index in [9.17, 15) is 14.4 Å². The first kappa shape index (κ1) is 20.1. The van der Waals surface area contributed by atoms with Crippen molar-refractivity contribution in [3.63, 3.8) is 0 Å². The molecule has 0 saturated heterocycles. The normalized spacial score (nSPS) is 10.9. The topological polar surface area (TPSA) is 124 Å². The molecule has 4 rings (SSSR count). The van der Waals surface area contributed by atoms with Gasteiger partial charge in [0.2, 0.25) is 0 Å². The minimum atomic E-state index is -0.551. The SMILES string of the molecule is COc1ccc2c(COC(=O)CCNC(=O)c3n[nH]c4ccccc34)cc(=O)oc2c1. The number of fused-ring (bicyclic) bond motifs is 2. The van der Waals surface area contributed by atoms with Crippen LogP contribution in [0, 0.1) is 0 Å². The second-order valence-electron chi connectivity index (χ2n) is 6.74. The molecule has 0 aliphatic heterocycles. The number of esters is 1. The zero-order chi connectivity index (χ0) is 21.8. The lowest BCUT2D eigenvalue weighted by Gasteiger charge is -2.08. The lowest BCUT2D eigenvalue weighted by Crippen LogP contribution is -2.27. The molecule has 158 valence electrons. The molecule has 0 spiro atoms. The molecular weight excluding hydrogens is 402 g/mol. The summed E-state index contributed by atoms with van der Waals surface area (Å²) in [7, 11) is 1.51. The smallest absolute Gasteiger partial charge is 0.336 e. The molecule has 0 saturated carbocycles. The van der Waals surface area contributed by atoms with E-state index in [1.807, 2.05) is 18.2 Å². The lowest BCUT2D eigenvalue weighted by molar-refractivity contribution is -0.144. The van der Waals surface area contributed by atoms with Crippen LogP contribution in [0.3, 0.4) is 0 Å². The van der Waals surface area contributed by atoms with Crippen LogP contribution in [0.5, 0.6) is 5.75 Å². The van der Waals surface area contributed by atoms with Gasteiger partial charge in [-0.15, -0.1) is 0 Å². The number of carbonyl (C=O) groups excluding carboxylic acids is 2. The van der Waals surface area contributed by atoms with E-state index < -0.39 is 11.6 Å². The first-order valence-electron chi connectivity index (χ1n) is 9.53. The van der Waals surface area contributed by atoms with Crippen molar-refractivity contribution in [2.24, 2.45) is 0 Å². The minimum absolute atomic E-state index is 0.0265. The number of H-pyrrole nitrogens is 1. The third kappa shape index (κ3) is 4.40. The Hall–Kier alpha value is -4.14. The molecule has 9 heteroatoms. The number of amides is 1. The van der Waals surface area contributed by atoms with Gasteiger partial charge in [-0.3, -0.25) is 14.7 Å². The predicted molar refractivity (Wildman–Crippen MR) is 112 cm³/mol. The number of benzene rings is 2. The summed E-state index contributed by atoms with van der Waals surface area (Å²) in [4.78, 5) is 36.2. The van der Waals surface area contributed by atoms with Gasteiger partial charge in [0.25, 0.3) is 5.91 Å². The maximum Gasteiger partial charge on any atom is 0.336 e. The summed E-state index contributed by atoms with van der Waals surface area (Å²) in [5.74, 6) is -0.349. The van der Waals surface area contributed by atoms with Gasteiger partial charge in [0, 0.05) is 35.0 Å². The van der Waals surface area contributed by atoms with Gasteiger partial charge in [-0.2, -0.15) is 5.10 Å². The Morgan fingerprint density at radius 1 is 1.13 bits per heavy atom. The third-order valence-corrected chi connectivity index (χ3v) is 4.73. The van der Waals surface area contributed by atoms with E-state index in [0.717, 1.165) is 5.52 Å². The summed E-state index contributed by atoms with van der Waals surface area (Å²) in [6.45, 7) is -0.00105. The van der Waals surface area contributed by atoms with Gasteiger partial charge in [0.1, 0.15) is 17.9 Å². The van der Waals surface area contributed by atoms with Gasteiger partial charge in [0.15, 0.2) is 5.69 Å². The zero-order valence-corrected chi connectivity index (χ0v) is 16.6. The Labute approximate surface area is 176 Å². The third-order valence-electron chi connectivity index (χ3n) is 4.73. The molecule has 0 bridgehead atoms. The molecular formula is C22H19N3O6. The zero-order valence-electron chi connectivity index (χ0n) is 16.6. The molecule has 2 aromatic heterocycles. The van der Waals surface area contributed by atoms with Crippen molar-refractivity contribution in [2.45, 2.75) is 13.0 Å². The summed E-state index contributed by atoms with van der Waals surface area (Å²) in [5, 5.41) is 10.8. The van der Waals surface area contributed by atoms with E-state index in [1.165, 1.54) is 13.2 Å². The van der Waals surface area contributed by atoms with E-state index in [-0.39, 0.29) is 31.2 Å². The lowest BCUT2D eigenvalue weighted by atomic mass is 10.1. The molecule has 2 N–H and O–H groups in total. The van der Waals surface area contributed by atoms with E-state index >= 15 is 0 Å². The van der Waals surface area contributed by atoms with Crippen LogP contribution < -0.4 is 15.7 Å². The second kappa shape index (κ2) is 8.70. The number of rotatable bonds is 7. The van der Waals surface area contributed by atoms with E-state index in [0.29, 0.717) is 27.7 Å². The van der Waals surface area contributed by atoms with Crippen LogP contribution in [0.15, 0.2) is 57.7 Å². The molecule has 0 aliphatic carbocycles. The molecule has 2 aromatic carbocycles. The number of nitrogens with one attached hydrogen (secondary N) is 2. The number of aromatic nitrogens is 2. The summed E-state index contributed by atoms with van der Waals surface area (Å²) >= 11 is 0. The summed E-state index contributed by atoms with van der Waals surface area (Å²) in [5.41, 5.74) is 1.34. The van der Waals surface area contributed by atoms with Crippen molar-refractivity contribution in [1.29, 1.82) is 0 Å². The van der Waals surface area contributed by atoms with Gasteiger partial charge in [-0.25, -0.2) is 4.79 Å². The number of ether oxygens (including phenoxy) is 2. The van der Waals surface area contributed by atoms with Crippen LogP contribution in [-0.4, -0.2) is 35.7 Å². The maximum absolute atomic E-state index is 12.3. The number of hydrogen-bond donors (Lipinski definition) is 2. The number of para-hydroxylation sites is 1. The molecule has 1 amide bonds. The van der Waals surface area contributed by atoms with E-state index in [1.54, 1.807) is 24.3 Å². The fraction of sp³-hybridized carbons (Fsp3) is 0.182. The van der Waals surface area contributed by atoms with E-state index in [4.69, 9.17) is 13.9 Å². The van der Waals surface area contributed by atoms with Crippen molar-refractivity contribution < 1.29 is 23.5 Å². The first-order chi connectivity index (χ1) is 15.0. The number of aromatic amines is 1. The maximum atomic E-state index is 12.3. The van der Waals surface area contributed by atoms with Crippen LogP contribution in [0.25, 0.3) is 21.9 Å². The summed E-state index contributed by atoms with van der Waals surface area (Å²) < 4.78 is 15.6. The van der Waals surface area contributed by atoms with Gasteiger partial charge < -0.3 is 19.2 Å². The van der Waals surface area contributed by atoms with Gasteiger partial charge in [0.05, 0.1) is 19.0 Å². The molecule has 0 radical (unpaired) electrons. The van der Waals surface area contributed by atoms with Gasteiger partial charge >= 0.3 is 11.6 Å². The fourth-order valence-electron chi connectivity index (χ4n) is 3.19. The molecule has 31 heavy (non-hydrogen) atoms. The fourth-order valence-corrected chi connectivity index (χ4v) is 3.19. The van der Waals surface area contributed by atoms with Crippen molar-refractivity contribution in [3.05, 3.63) is 70.2 Å².